The Labute approximate surface area is 151 Å². The Morgan fingerprint density at radius 3 is 2.40 bits per heavy atom. The van der Waals surface area contributed by atoms with Gasteiger partial charge in [0.25, 0.3) is 0 Å². The predicted molar refractivity (Wildman–Crippen MR) is 107 cm³/mol. The van der Waals surface area contributed by atoms with Crippen LogP contribution in [0.5, 0.6) is 0 Å². The fourth-order valence-electron chi connectivity index (χ4n) is 2.66. The highest BCUT2D eigenvalue weighted by molar-refractivity contribution is 8.18. The third-order valence-electron chi connectivity index (χ3n) is 3.83. The molecule has 2 heterocycles. The number of nitrogens with zero attached hydrogens (tertiary/aromatic N) is 3. The van der Waals surface area contributed by atoms with Gasteiger partial charge in [-0.2, -0.15) is 0 Å². The van der Waals surface area contributed by atoms with Crippen LogP contribution in [0.2, 0.25) is 0 Å². The molecule has 1 aromatic heterocycles. The van der Waals surface area contributed by atoms with E-state index in [0.717, 1.165) is 28.7 Å². The molecule has 0 N–H and O–H groups in total. The highest BCUT2D eigenvalue weighted by Crippen LogP contribution is 2.35. The van der Waals surface area contributed by atoms with E-state index in [1.165, 1.54) is 4.91 Å². The predicted octanol–water partition coefficient (Wildman–Crippen LogP) is 5.36. The maximum absolute atomic E-state index is 4.86. The lowest BCUT2D eigenvalue weighted by atomic mass is 10.2. The van der Waals surface area contributed by atoms with E-state index in [2.05, 4.69) is 46.3 Å². The fraction of sp³-hybridized carbons (Fsp3) is 0.0476. The summed E-state index contributed by atoms with van der Waals surface area (Å²) < 4.78 is 0. The molecule has 3 nitrogen and oxygen atoms in total. The Balaban J connectivity index is 1.70. The van der Waals surface area contributed by atoms with Crippen LogP contribution in [-0.2, 0) is 0 Å². The zero-order chi connectivity index (χ0) is 16.9. The van der Waals surface area contributed by atoms with Gasteiger partial charge in [0.15, 0.2) is 5.17 Å². The minimum atomic E-state index is 0.815. The van der Waals surface area contributed by atoms with E-state index in [0.29, 0.717) is 0 Å². The first-order valence-electron chi connectivity index (χ1n) is 8.13. The number of pyridine rings is 1. The van der Waals surface area contributed by atoms with Gasteiger partial charge >= 0.3 is 0 Å². The summed E-state index contributed by atoms with van der Waals surface area (Å²) in [6, 6.07) is 24.5. The van der Waals surface area contributed by atoms with Crippen LogP contribution in [0.4, 0.5) is 11.4 Å². The van der Waals surface area contributed by atoms with E-state index in [4.69, 9.17) is 4.99 Å². The van der Waals surface area contributed by atoms with Gasteiger partial charge in [0.2, 0.25) is 0 Å². The number of hydrogen-bond donors (Lipinski definition) is 0. The summed E-state index contributed by atoms with van der Waals surface area (Å²) in [7, 11) is 0. The lowest BCUT2D eigenvalue weighted by Crippen LogP contribution is -2.23. The van der Waals surface area contributed by atoms with Crippen molar-refractivity contribution in [3.8, 4) is 0 Å². The smallest absolute Gasteiger partial charge is 0.173 e. The second-order valence-electron chi connectivity index (χ2n) is 5.65. The Bertz CT molecular complexity index is 890. The molecule has 122 valence electrons. The molecule has 3 aromatic rings. The number of aliphatic imine (C=N–C) groups is 1. The molecular weight excluding hydrogens is 326 g/mol. The molecule has 0 aliphatic carbocycles. The first kappa shape index (κ1) is 15.7. The molecular formula is C21H17N3S. The average Bonchev–Trinajstić information content (AvgIpc) is 3.06. The van der Waals surface area contributed by atoms with Gasteiger partial charge in [0, 0.05) is 23.0 Å². The molecule has 2 aromatic carbocycles. The van der Waals surface area contributed by atoms with Gasteiger partial charge in [-0.25, -0.2) is 4.99 Å². The van der Waals surface area contributed by atoms with Crippen molar-refractivity contribution in [3.05, 3.63) is 95.7 Å². The van der Waals surface area contributed by atoms with Gasteiger partial charge in [0.1, 0.15) is 0 Å². The zero-order valence-electron chi connectivity index (χ0n) is 13.6. The summed E-state index contributed by atoms with van der Waals surface area (Å²) in [6.07, 6.45) is 5.86. The first-order valence-corrected chi connectivity index (χ1v) is 8.95. The summed E-state index contributed by atoms with van der Waals surface area (Å²) in [5.41, 5.74) is 3.23. The van der Waals surface area contributed by atoms with Crippen LogP contribution < -0.4 is 4.90 Å². The summed E-state index contributed by atoms with van der Waals surface area (Å²) in [5, 5.41) is 0.993. The van der Waals surface area contributed by atoms with E-state index < -0.39 is 0 Å². The van der Waals surface area contributed by atoms with Crippen molar-refractivity contribution < 1.29 is 0 Å². The highest BCUT2D eigenvalue weighted by atomic mass is 32.2. The van der Waals surface area contributed by atoms with E-state index in [1.54, 1.807) is 18.0 Å². The van der Waals surface area contributed by atoms with Gasteiger partial charge < -0.3 is 4.90 Å². The van der Waals surface area contributed by atoms with Crippen molar-refractivity contribution in [1.29, 1.82) is 0 Å². The van der Waals surface area contributed by atoms with Gasteiger partial charge in [-0.15, -0.1) is 0 Å². The number of aromatic nitrogens is 1. The van der Waals surface area contributed by atoms with E-state index >= 15 is 0 Å². The maximum Gasteiger partial charge on any atom is 0.173 e. The molecule has 0 amide bonds. The SMILES string of the molecule is C(=C1\CN(c2ccccc2)/C(=N/c2ccccc2)S1)/c1cccnc1. The average molecular weight is 343 g/mol. The Hall–Kier alpha value is -2.85. The number of thioether (sulfide) groups is 1. The van der Waals surface area contributed by atoms with E-state index in [-0.39, 0.29) is 0 Å². The third kappa shape index (κ3) is 3.80. The van der Waals surface area contributed by atoms with Crippen molar-refractivity contribution >= 4 is 34.4 Å². The second-order valence-corrected chi connectivity index (χ2v) is 6.74. The topological polar surface area (TPSA) is 28.5 Å². The first-order chi connectivity index (χ1) is 12.4. The highest BCUT2D eigenvalue weighted by Gasteiger charge is 2.25. The molecule has 1 aliphatic heterocycles. The summed E-state index contributed by atoms with van der Waals surface area (Å²) in [4.78, 5) is 12.6. The largest absolute Gasteiger partial charge is 0.316 e. The van der Waals surface area contributed by atoms with Crippen LogP contribution in [0.1, 0.15) is 5.56 Å². The number of benzene rings is 2. The summed E-state index contributed by atoms with van der Waals surface area (Å²) in [6.45, 7) is 0.815. The van der Waals surface area contributed by atoms with Crippen LogP contribution in [0.25, 0.3) is 6.08 Å². The molecule has 25 heavy (non-hydrogen) atoms. The summed E-state index contributed by atoms with van der Waals surface area (Å²) in [5.74, 6) is 0. The van der Waals surface area contributed by atoms with Crippen LogP contribution in [0, 0.1) is 0 Å². The number of amidine groups is 1. The molecule has 1 fully saturated rings. The molecule has 0 saturated carbocycles. The van der Waals surface area contributed by atoms with Gasteiger partial charge in [-0.05, 0) is 42.0 Å². The Morgan fingerprint density at radius 2 is 1.68 bits per heavy atom. The van der Waals surface area contributed by atoms with E-state index in [9.17, 15) is 0 Å². The monoisotopic (exact) mass is 343 g/mol. The van der Waals surface area contributed by atoms with Crippen molar-refractivity contribution in [2.75, 3.05) is 11.4 Å². The maximum atomic E-state index is 4.86. The van der Waals surface area contributed by atoms with E-state index in [1.807, 2.05) is 48.7 Å². The standard InChI is InChI=1S/C21H17N3S/c1-3-9-18(10-4-1)23-21-24(19-11-5-2-6-12-19)16-20(25-21)14-17-8-7-13-22-15-17/h1-15H,16H2/b20-14-,23-21-. The molecule has 0 spiro atoms. The Kier molecular flexibility index (Phi) is 4.61. The minimum absolute atomic E-state index is 0.815. The Morgan fingerprint density at radius 1 is 0.920 bits per heavy atom. The van der Waals surface area contributed by atoms with Crippen LogP contribution in [0.15, 0.2) is 95.1 Å². The lowest BCUT2D eigenvalue weighted by molar-refractivity contribution is 1.16. The third-order valence-corrected chi connectivity index (χ3v) is 4.83. The molecule has 4 rings (SSSR count). The number of rotatable bonds is 3. The summed E-state index contributed by atoms with van der Waals surface area (Å²) >= 11 is 1.71. The van der Waals surface area contributed by atoms with Crippen molar-refractivity contribution in [2.45, 2.75) is 0 Å². The molecule has 1 saturated heterocycles. The van der Waals surface area contributed by atoms with Crippen LogP contribution >= 0.6 is 11.8 Å². The van der Waals surface area contributed by atoms with Crippen molar-refractivity contribution in [1.82, 2.24) is 4.98 Å². The van der Waals surface area contributed by atoms with Crippen molar-refractivity contribution in [2.24, 2.45) is 4.99 Å². The minimum Gasteiger partial charge on any atom is -0.316 e. The zero-order valence-corrected chi connectivity index (χ0v) is 14.4. The molecule has 1 aliphatic rings. The number of hydrogen-bond acceptors (Lipinski definition) is 3. The van der Waals surface area contributed by atoms with Gasteiger partial charge in [-0.1, -0.05) is 54.2 Å². The van der Waals surface area contributed by atoms with Crippen LogP contribution in [-0.4, -0.2) is 16.7 Å². The van der Waals surface area contributed by atoms with Gasteiger partial charge in [0.05, 0.1) is 12.2 Å². The molecule has 0 bridgehead atoms. The van der Waals surface area contributed by atoms with Gasteiger partial charge in [-0.3, -0.25) is 4.98 Å². The molecule has 4 heteroatoms. The molecule has 0 unspecified atom stereocenters. The second kappa shape index (κ2) is 7.36. The normalized spacial score (nSPS) is 17.4. The van der Waals surface area contributed by atoms with Crippen LogP contribution in [0.3, 0.4) is 0 Å². The number of anilines is 1. The quantitative estimate of drug-likeness (QED) is 0.640. The van der Waals surface area contributed by atoms with Crippen molar-refractivity contribution in [3.63, 3.8) is 0 Å². The fourth-order valence-corrected chi connectivity index (χ4v) is 3.71. The lowest BCUT2D eigenvalue weighted by Gasteiger charge is -2.17. The molecule has 0 radical (unpaired) electrons. The molecule has 0 atom stereocenters. The number of para-hydroxylation sites is 2.